The molecule has 1 atom stereocenters. The fourth-order valence-electron chi connectivity index (χ4n) is 2.54. The largest absolute Gasteiger partial charge is 0.485 e. The monoisotopic (exact) mass is 360 g/mol. The van der Waals surface area contributed by atoms with E-state index in [0.717, 1.165) is 15.8 Å². The molecule has 1 aromatic heterocycles. The van der Waals surface area contributed by atoms with Crippen LogP contribution >= 0.6 is 22.9 Å². The molecule has 0 aliphatic carbocycles. The fraction of sp³-hybridized carbons (Fsp3) is 0.176. The third-order valence-corrected chi connectivity index (χ3v) is 4.82. The zero-order chi connectivity index (χ0) is 16.7. The minimum atomic E-state index is -0.711. The third kappa shape index (κ3) is 2.79. The van der Waals surface area contributed by atoms with Gasteiger partial charge in [-0.2, -0.15) is 0 Å². The molecular formula is C17H13ClN2O3S. The number of fused-ring (bicyclic) bond motifs is 2. The smallest absolute Gasteiger partial charge is 0.270 e. The van der Waals surface area contributed by atoms with Gasteiger partial charge >= 0.3 is 0 Å². The summed E-state index contributed by atoms with van der Waals surface area (Å²) in [4.78, 5) is 16.9. The molecule has 1 amide bonds. The number of para-hydroxylation sites is 2. The Hall–Kier alpha value is -2.31. The van der Waals surface area contributed by atoms with Gasteiger partial charge in [-0.1, -0.05) is 35.1 Å². The topological polar surface area (TPSA) is 60.5 Å². The van der Waals surface area contributed by atoms with E-state index < -0.39 is 6.10 Å². The maximum atomic E-state index is 12.4. The molecule has 0 unspecified atom stereocenters. The summed E-state index contributed by atoms with van der Waals surface area (Å²) in [5, 5.41) is 3.97. The van der Waals surface area contributed by atoms with E-state index >= 15 is 0 Å². The highest BCUT2D eigenvalue weighted by molar-refractivity contribution is 7.22. The van der Waals surface area contributed by atoms with Crippen LogP contribution in [0.1, 0.15) is 5.56 Å². The molecule has 4 rings (SSSR count). The average Bonchev–Trinajstić information content (AvgIpc) is 2.97. The highest BCUT2D eigenvalue weighted by Crippen LogP contribution is 2.33. The molecule has 0 fully saturated rings. The summed E-state index contributed by atoms with van der Waals surface area (Å²) < 4.78 is 12.2. The SMILES string of the molecule is Cc1cc(Cl)cc2sc(NC(=O)[C@@H]3COc4ccccc4O3)nc12. The van der Waals surface area contributed by atoms with Crippen molar-refractivity contribution in [3.8, 4) is 11.5 Å². The van der Waals surface area contributed by atoms with E-state index in [0.29, 0.717) is 21.7 Å². The quantitative estimate of drug-likeness (QED) is 0.749. The number of nitrogens with one attached hydrogen (secondary N) is 1. The molecule has 3 aromatic rings. The van der Waals surface area contributed by atoms with E-state index in [-0.39, 0.29) is 12.5 Å². The first-order valence-electron chi connectivity index (χ1n) is 7.36. The second kappa shape index (κ2) is 5.96. The molecule has 0 saturated heterocycles. The van der Waals surface area contributed by atoms with Crippen molar-refractivity contribution < 1.29 is 14.3 Å². The van der Waals surface area contributed by atoms with Gasteiger partial charge in [-0.05, 0) is 36.8 Å². The minimum Gasteiger partial charge on any atom is -0.485 e. The Labute approximate surface area is 147 Å². The van der Waals surface area contributed by atoms with Crippen molar-refractivity contribution >= 4 is 44.2 Å². The third-order valence-electron chi connectivity index (χ3n) is 3.68. The van der Waals surface area contributed by atoms with E-state index in [9.17, 15) is 4.79 Å². The van der Waals surface area contributed by atoms with Crippen LogP contribution in [0.5, 0.6) is 11.5 Å². The second-order valence-electron chi connectivity index (χ2n) is 5.44. The van der Waals surface area contributed by atoms with Crippen LogP contribution in [0.4, 0.5) is 5.13 Å². The van der Waals surface area contributed by atoms with Crippen LogP contribution in [0.15, 0.2) is 36.4 Å². The standard InChI is InChI=1S/C17H13ClN2O3S/c1-9-6-10(18)7-14-15(9)19-17(24-14)20-16(21)13-8-22-11-4-2-3-5-12(11)23-13/h2-7,13H,8H2,1H3,(H,19,20,21)/t13-/m0/s1. The molecule has 7 heteroatoms. The van der Waals surface area contributed by atoms with Crippen molar-refractivity contribution in [3.63, 3.8) is 0 Å². The van der Waals surface area contributed by atoms with Crippen LogP contribution in [-0.4, -0.2) is 23.6 Å². The first-order chi connectivity index (χ1) is 11.6. The number of ether oxygens (including phenoxy) is 2. The number of halogens is 1. The lowest BCUT2D eigenvalue weighted by Gasteiger charge is -2.25. The average molecular weight is 361 g/mol. The van der Waals surface area contributed by atoms with Crippen molar-refractivity contribution in [2.24, 2.45) is 0 Å². The molecule has 0 radical (unpaired) electrons. The molecule has 1 N–H and O–H groups in total. The molecule has 24 heavy (non-hydrogen) atoms. The first kappa shape index (κ1) is 15.2. The number of hydrogen-bond acceptors (Lipinski definition) is 5. The molecule has 122 valence electrons. The molecule has 0 saturated carbocycles. The van der Waals surface area contributed by atoms with Crippen LogP contribution in [0.2, 0.25) is 5.02 Å². The Kier molecular flexibility index (Phi) is 3.78. The van der Waals surface area contributed by atoms with Gasteiger partial charge in [0.1, 0.15) is 6.61 Å². The molecule has 2 aromatic carbocycles. The number of thiazole rings is 1. The predicted octanol–water partition coefficient (Wildman–Crippen LogP) is 4.04. The number of carbonyl (C=O) groups is 1. The van der Waals surface area contributed by atoms with Crippen LogP contribution in [0.3, 0.4) is 0 Å². The highest BCUT2D eigenvalue weighted by atomic mass is 35.5. The number of aromatic nitrogens is 1. The van der Waals surface area contributed by atoms with Crippen LogP contribution < -0.4 is 14.8 Å². The lowest BCUT2D eigenvalue weighted by molar-refractivity contribution is -0.125. The van der Waals surface area contributed by atoms with Crippen LogP contribution in [0.25, 0.3) is 10.2 Å². The van der Waals surface area contributed by atoms with Crippen molar-refractivity contribution in [2.45, 2.75) is 13.0 Å². The molecule has 5 nitrogen and oxygen atoms in total. The first-order valence-corrected chi connectivity index (χ1v) is 8.55. The van der Waals surface area contributed by atoms with Gasteiger partial charge in [0, 0.05) is 5.02 Å². The van der Waals surface area contributed by atoms with Gasteiger partial charge in [-0.25, -0.2) is 4.98 Å². The zero-order valence-corrected chi connectivity index (χ0v) is 14.3. The summed E-state index contributed by atoms with van der Waals surface area (Å²) in [6.45, 7) is 2.10. The van der Waals surface area contributed by atoms with Crippen molar-refractivity contribution in [1.29, 1.82) is 0 Å². The Balaban J connectivity index is 1.54. The number of nitrogens with zero attached hydrogens (tertiary/aromatic N) is 1. The van der Waals surface area contributed by atoms with Crippen LogP contribution in [0, 0.1) is 6.92 Å². The lowest BCUT2D eigenvalue weighted by Crippen LogP contribution is -2.40. The van der Waals surface area contributed by atoms with Gasteiger partial charge in [-0.3, -0.25) is 10.1 Å². The summed E-state index contributed by atoms with van der Waals surface area (Å²) in [7, 11) is 0. The van der Waals surface area contributed by atoms with Gasteiger partial charge in [0.25, 0.3) is 5.91 Å². The Morgan fingerprint density at radius 3 is 2.96 bits per heavy atom. The summed E-state index contributed by atoms with van der Waals surface area (Å²) >= 11 is 7.44. The normalized spacial score (nSPS) is 16.2. The summed E-state index contributed by atoms with van der Waals surface area (Å²) in [5.41, 5.74) is 1.81. The zero-order valence-electron chi connectivity index (χ0n) is 12.7. The number of anilines is 1. The number of hydrogen-bond donors (Lipinski definition) is 1. The maximum absolute atomic E-state index is 12.4. The lowest BCUT2D eigenvalue weighted by atomic mass is 10.2. The van der Waals surface area contributed by atoms with Crippen molar-refractivity contribution in [1.82, 2.24) is 4.98 Å². The van der Waals surface area contributed by atoms with Gasteiger partial charge in [0.05, 0.1) is 10.2 Å². The van der Waals surface area contributed by atoms with Crippen molar-refractivity contribution in [2.75, 3.05) is 11.9 Å². The highest BCUT2D eigenvalue weighted by Gasteiger charge is 2.28. The van der Waals surface area contributed by atoms with E-state index in [2.05, 4.69) is 10.3 Å². The summed E-state index contributed by atoms with van der Waals surface area (Å²) in [6.07, 6.45) is -0.711. The summed E-state index contributed by atoms with van der Waals surface area (Å²) in [6, 6.07) is 11.0. The number of amides is 1. The molecule has 0 spiro atoms. The van der Waals surface area contributed by atoms with E-state index in [1.165, 1.54) is 11.3 Å². The molecule has 0 bridgehead atoms. The Morgan fingerprint density at radius 2 is 2.12 bits per heavy atom. The Morgan fingerprint density at radius 1 is 1.33 bits per heavy atom. The maximum Gasteiger partial charge on any atom is 0.270 e. The number of rotatable bonds is 2. The predicted molar refractivity (Wildman–Crippen MR) is 94.3 cm³/mol. The molecule has 2 heterocycles. The van der Waals surface area contributed by atoms with E-state index in [1.807, 2.05) is 37.3 Å². The number of benzene rings is 2. The van der Waals surface area contributed by atoms with Gasteiger partial charge < -0.3 is 9.47 Å². The van der Waals surface area contributed by atoms with Gasteiger partial charge in [0.2, 0.25) is 6.10 Å². The van der Waals surface area contributed by atoms with E-state index in [1.54, 1.807) is 6.07 Å². The fourth-order valence-corrected chi connectivity index (χ4v) is 3.87. The minimum absolute atomic E-state index is 0.165. The van der Waals surface area contributed by atoms with Gasteiger partial charge in [-0.15, -0.1) is 0 Å². The molecular weight excluding hydrogens is 348 g/mol. The summed E-state index contributed by atoms with van der Waals surface area (Å²) in [5.74, 6) is 0.926. The molecule has 1 aliphatic heterocycles. The Bertz CT molecular complexity index is 941. The van der Waals surface area contributed by atoms with Crippen LogP contribution in [-0.2, 0) is 4.79 Å². The number of aryl methyl sites for hydroxylation is 1. The molecule has 1 aliphatic rings. The van der Waals surface area contributed by atoms with Gasteiger partial charge in [0.15, 0.2) is 16.6 Å². The number of carbonyl (C=O) groups excluding carboxylic acids is 1. The second-order valence-corrected chi connectivity index (χ2v) is 6.91. The van der Waals surface area contributed by atoms with E-state index in [4.69, 9.17) is 21.1 Å². The van der Waals surface area contributed by atoms with Crippen molar-refractivity contribution in [3.05, 3.63) is 47.0 Å².